The number of benzene rings is 2. The second-order valence-electron chi connectivity index (χ2n) is 6.68. The van der Waals surface area contributed by atoms with Crippen LogP contribution in [-0.4, -0.2) is 30.1 Å². The first-order valence-corrected chi connectivity index (χ1v) is 10.1. The summed E-state index contributed by atoms with van der Waals surface area (Å²) >= 11 is 11.1. The summed E-state index contributed by atoms with van der Waals surface area (Å²) in [6, 6.07) is 11.8. The Balaban J connectivity index is 1.95. The Kier molecular flexibility index (Phi) is 6.74. The van der Waals surface area contributed by atoms with Crippen LogP contribution >= 0.6 is 23.8 Å². The summed E-state index contributed by atoms with van der Waals surface area (Å²) in [5, 5.41) is 3.10. The molecule has 0 unspecified atom stereocenters. The van der Waals surface area contributed by atoms with E-state index in [0.717, 1.165) is 6.42 Å². The van der Waals surface area contributed by atoms with Crippen LogP contribution in [0.4, 0.5) is 5.69 Å². The van der Waals surface area contributed by atoms with Crippen LogP contribution in [0.1, 0.15) is 25.8 Å². The quantitative estimate of drug-likeness (QED) is 0.407. The number of anilines is 1. The van der Waals surface area contributed by atoms with E-state index >= 15 is 0 Å². The maximum atomic E-state index is 13.1. The van der Waals surface area contributed by atoms with Crippen LogP contribution in [-0.2, 0) is 9.59 Å². The van der Waals surface area contributed by atoms with E-state index in [2.05, 4.69) is 5.32 Å². The van der Waals surface area contributed by atoms with Crippen molar-refractivity contribution in [1.29, 1.82) is 0 Å². The van der Waals surface area contributed by atoms with Gasteiger partial charge in [-0.05, 0) is 73.6 Å². The summed E-state index contributed by atoms with van der Waals surface area (Å²) in [6.45, 7) is 3.99. The summed E-state index contributed by atoms with van der Waals surface area (Å²) in [6.07, 6.45) is 2.38. The number of nitrogens with one attached hydrogen (secondary N) is 1. The molecule has 0 spiro atoms. The molecule has 2 aromatic rings. The van der Waals surface area contributed by atoms with E-state index < -0.39 is 11.8 Å². The molecular weight excluding hydrogens is 424 g/mol. The van der Waals surface area contributed by atoms with Crippen molar-refractivity contribution >= 4 is 52.5 Å². The molecule has 3 rings (SSSR count). The Morgan fingerprint density at radius 3 is 2.50 bits per heavy atom. The van der Waals surface area contributed by atoms with Crippen molar-refractivity contribution in [2.24, 2.45) is 0 Å². The molecule has 0 saturated carbocycles. The monoisotopic (exact) mass is 444 g/mol. The third-order valence-corrected chi connectivity index (χ3v) is 5.12. The number of amides is 2. The van der Waals surface area contributed by atoms with E-state index in [0.29, 0.717) is 27.8 Å². The molecule has 1 atom stereocenters. The van der Waals surface area contributed by atoms with E-state index in [1.54, 1.807) is 42.5 Å². The minimum atomic E-state index is -0.561. The van der Waals surface area contributed by atoms with Crippen LogP contribution in [0.15, 0.2) is 48.0 Å². The molecule has 0 aromatic heterocycles. The fourth-order valence-electron chi connectivity index (χ4n) is 2.82. The van der Waals surface area contributed by atoms with Crippen LogP contribution in [0, 0.1) is 0 Å². The highest BCUT2D eigenvalue weighted by Gasteiger charge is 2.34. The lowest BCUT2D eigenvalue weighted by molar-refractivity contribution is -0.122. The zero-order chi connectivity index (χ0) is 21.8. The fraction of sp³-hybridized carbons (Fsp3) is 0.227. The molecule has 0 bridgehead atoms. The van der Waals surface area contributed by atoms with Gasteiger partial charge in [0.2, 0.25) is 0 Å². The number of carbonyl (C=O) groups is 2. The van der Waals surface area contributed by atoms with Crippen molar-refractivity contribution in [1.82, 2.24) is 5.32 Å². The molecule has 8 heteroatoms. The smallest absolute Gasteiger partial charge is 0.270 e. The Bertz CT molecular complexity index is 1020. The Morgan fingerprint density at radius 2 is 1.87 bits per heavy atom. The number of methoxy groups -OCH3 is 1. The molecule has 0 radical (unpaired) electrons. The van der Waals surface area contributed by atoms with Gasteiger partial charge < -0.3 is 9.47 Å². The van der Waals surface area contributed by atoms with Gasteiger partial charge in [0.1, 0.15) is 5.57 Å². The van der Waals surface area contributed by atoms with Crippen LogP contribution in [0.2, 0.25) is 5.02 Å². The number of thiocarbonyl (C=S) groups is 1. The van der Waals surface area contributed by atoms with Gasteiger partial charge in [0.05, 0.1) is 18.9 Å². The van der Waals surface area contributed by atoms with Crippen LogP contribution in [0.25, 0.3) is 6.08 Å². The normalized spacial score (nSPS) is 16.5. The maximum absolute atomic E-state index is 13.1. The molecule has 1 aliphatic rings. The highest BCUT2D eigenvalue weighted by molar-refractivity contribution is 7.80. The lowest BCUT2D eigenvalue weighted by Gasteiger charge is -2.29. The summed E-state index contributed by atoms with van der Waals surface area (Å²) in [5.41, 5.74) is 1.08. The molecule has 30 heavy (non-hydrogen) atoms. The van der Waals surface area contributed by atoms with Gasteiger partial charge in [-0.15, -0.1) is 0 Å². The fourth-order valence-corrected chi connectivity index (χ4v) is 3.23. The maximum Gasteiger partial charge on any atom is 0.270 e. The zero-order valence-corrected chi connectivity index (χ0v) is 18.3. The minimum absolute atomic E-state index is 0.0133. The van der Waals surface area contributed by atoms with Crippen molar-refractivity contribution < 1.29 is 19.1 Å². The molecular formula is C22H21ClN2O4S. The topological polar surface area (TPSA) is 67.9 Å². The van der Waals surface area contributed by atoms with E-state index in [-0.39, 0.29) is 16.8 Å². The Morgan fingerprint density at radius 1 is 1.17 bits per heavy atom. The van der Waals surface area contributed by atoms with Gasteiger partial charge in [-0.1, -0.05) is 24.6 Å². The lowest BCUT2D eigenvalue weighted by atomic mass is 10.1. The van der Waals surface area contributed by atoms with Crippen molar-refractivity contribution in [2.45, 2.75) is 26.4 Å². The average Bonchev–Trinajstić information content (AvgIpc) is 2.73. The summed E-state index contributed by atoms with van der Waals surface area (Å²) in [7, 11) is 1.54. The first-order valence-electron chi connectivity index (χ1n) is 9.35. The molecule has 0 aliphatic carbocycles. The van der Waals surface area contributed by atoms with Gasteiger partial charge in [0.15, 0.2) is 16.6 Å². The molecule has 1 aliphatic heterocycles. The molecule has 1 heterocycles. The van der Waals surface area contributed by atoms with E-state index in [4.69, 9.17) is 33.3 Å². The third-order valence-electron chi connectivity index (χ3n) is 4.59. The summed E-state index contributed by atoms with van der Waals surface area (Å²) in [5.74, 6) is 0.0230. The number of ether oxygens (including phenoxy) is 2. The Hall–Kier alpha value is -2.90. The second kappa shape index (κ2) is 9.28. The van der Waals surface area contributed by atoms with Crippen molar-refractivity contribution in [3.8, 4) is 11.5 Å². The third kappa shape index (κ3) is 4.63. The van der Waals surface area contributed by atoms with E-state index in [1.165, 1.54) is 18.1 Å². The molecule has 1 N–H and O–H groups in total. The highest BCUT2D eigenvalue weighted by atomic mass is 35.5. The van der Waals surface area contributed by atoms with E-state index in [1.807, 2.05) is 13.8 Å². The van der Waals surface area contributed by atoms with Gasteiger partial charge in [0.25, 0.3) is 11.8 Å². The first-order chi connectivity index (χ1) is 14.3. The number of nitrogens with zero attached hydrogens (tertiary/aromatic N) is 1. The van der Waals surface area contributed by atoms with Gasteiger partial charge in [0, 0.05) is 5.02 Å². The SMILES string of the molecule is CC[C@H](C)Oc1ccc(/C=C2/C(=O)NC(=S)N(c3ccc(Cl)cc3)C2=O)cc1OC. The standard InChI is InChI=1S/C22H21ClN2O4S/c1-4-13(2)29-18-10-5-14(12-19(18)28-3)11-17-20(26)24-22(30)25(21(17)27)16-8-6-15(23)7-9-16/h5-13H,4H2,1-3H3,(H,24,26,30)/b17-11-/t13-/m0/s1. The molecule has 6 nitrogen and oxygen atoms in total. The molecule has 2 amide bonds. The number of halogens is 1. The lowest BCUT2D eigenvalue weighted by Crippen LogP contribution is -2.54. The van der Waals surface area contributed by atoms with Gasteiger partial charge in [-0.2, -0.15) is 0 Å². The van der Waals surface area contributed by atoms with Crippen molar-refractivity contribution in [3.05, 3.63) is 58.6 Å². The minimum Gasteiger partial charge on any atom is -0.493 e. The Labute approximate surface area is 185 Å². The summed E-state index contributed by atoms with van der Waals surface area (Å²) in [4.78, 5) is 26.8. The predicted molar refractivity (Wildman–Crippen MR) is 121 cm³/mol. The predicted octanol–water partition coefficient (Wildman–Crippen LogP) is 4.36. The first kappa shape index (κ1) is 21.8. The van der Waals surface area contributed by atoms with Crippen molar-refractivity contribution in [3.63, 3.8) is 0 Å². The van der Waals surface area contributed by atoms with Gasteiger partial charge >= 0.3 is 0 Å². The second-order valence-corrected chi connectivity index (χ2v) is 7.50. The van der Waals surface area contributed by atoms with Crippen LogP contribution in [0.3, 0.4) is 0 Å². The average molecular weight is 445 g/mol. The van der Waals surface area contributed by atoms with Gasteiger partial charge in [-0.25, -0.2) is 0 Å². The zero-order valence-electron chi connectivity index (χ0n) is 16.8. The molecule has 156 valence electrons. The number of hydrogen-bond acceptors (Lipinski definition) is 5. The number of hydrogen-bond donors (Lipinski definition) is 1. The summed E-state index contributed by atoms with van der Waals surface area (Å²) < 4.78 is 11.3. The largest absolute Gasteiger partial charge is 0.493 e. The van der Waals surface area contributed by atoms with Gasteiger partial charge in [-0.3, -0.25) is 19.8 Å². The number of rotatable bonds is 6. The highest BCUT2D eigenvalue weighted by Crippen LogP contribution is 2.31. The van der Waals surface area contributed by atoms with Crippen LogP contribution < -0.4 is 19.7 Å². The molecule has 1 fully saturated rings. The van der Waals surface area contributed by atoms with Crippen LogP contribution in [0.5, 0.6) is 11.5 Å². The molecule has 1 saturated heterocycles. The van der Waals surface area contributed by atoms with E-state index in [9.17, 15) is 9.59 Å². The number of carbonyl (C=O) groups excluding carboxylic acids is 2. The van der Waals surface area contributed by atoms with Crippen molar-refractivity contribution in [2.75, 3.05) is 12.0 Å². The molecule has 2 aromatic carbocycles.